The highest BCUT2D eigenvalue weighted by Gasteiger charge is 2.28. The Hall–Kier alpha value is -4.27. The largest absolute Gasteiger partial charge is 0.453 e. The van der Waals surface area contributed by atoms with Gasteiger partial charge in [0.2, 0.25) is 0 Å². The van der Waals surface area contributed by atoms with Crippen molar-refractivity contribution >= 4 is 28.5 Å². The third-order valence-corrected chi connectivity index (χ3v) is 5.40. The molecule has 2 aromatic carbocycles. The summed E-state index contributed by atoms with van der Waals surface area (Å²) in [6.07, 6.45) is 1.39. The fourth-order valence-electron chi connectivity index (χ4n) is 4.01. The zero-order valence-electron chi connectivity index (χ0n) is 16.5. The summed E-state index contributed by atoms with van der Waals surface area (Å²) in [6, 6.07) is 15.2. The number of nitrogens with zero attached hydrogens (tertiary/aromatic N) is 3. The van der Waals surface area contributed by atoms with Crippen molar-refractivity contribution in [2.24, 2.45) is 5.18 Å². The Kier molecular flexibility index (Phi) is 4.55. The molecule has 9 nitrogen and oxygen atoms in total. The van der Waals surface area contributed by atoms with Crippen molar-refractivity contribution < 1.29 is 9.53 Å². The third-order valence-electron chi connectivity index (χ3n) is 5.40. The molecule has 31 heavy (non-hydrogen) atoms. The minimum Gasteiger partial charge on any atom is -0.453 e. The maximum absolute atomic E-state index is 11.5. The van der Waals surface area contributed by atoms with Gasteiger partial charge in [-0.1, -0.05) is 35.5 Å². The zero-order chi connectivity index (χ0) is 21.4. The second-order valence-electron chi connectivity index (χ2n) is 7.14. The molecule has 9 heteroatoms. The lowest BCUT2D eigenvalue weighted by Gasteiger charge is -2.20. The predicted molar refractivity (Wildman–Crippen MR) is 117 cm³/mol. The predicted octanol–water partition coefficient (Wildman–Crippen LogP) is 4.58. The van der Waals surface area contributed by atoms with Crippen LogP contribution in [0.15, 0.2) is 59.9 Å². The summed E-state index contributed by atoms with van der Waals surface area (Å²) < 4.78 is 4.65. The molecule has 0 saturated carbocycles. The number of hydrogen-bond acceptors (Lipinski definition) is 7. The van der Waals surface area contributed by atoms with Gasteiger partial charge < -0.3 is 15.0 Å². The molecular weight excluding hydrogens is 396 g/mol. The van der Waals surface area contributed by atoms with Gasteiger partial charge in [0.15, 0.2) is 5.65 Å². The Morgan fingerprint density at radius 1 is 1.16 bits per heavy atom. The Morgan fingerprint density at radius 2 is 1.97 bits per heavy atom. The number of para-hydroxylation sites is 1. The van der Waals surface area contributed by atoms with Gasteiger partial charge in [0, 0.05) is 39.6 Å². The van der Waals surface area contributed by atoms with E-state index in [0.717, 1.165) is 33.3 Å². The third kappa shape index (κ3) is 3.16. The normalized spacial score (nSPS) is 14.3. The summed E-state index contributed by atoms with van der Waals surface area (Å²) in [5.41, 5.74) is 6.51. The standard InChI is InChI=1S/C22H18N6O3/c1-31-22(29)25-13-8-6-12(7-9-13)20-15-10-23-21-19(15)18(17(11-24-30)27-28-21)14-4-2-3-5-16(14)26-20/h2-10,20,26H,11H2,1H3,(H,23,28)(H,25,29). The number of nitroso groups, excluding NO2 is 1. The molecule has 0 bridgehead atoms. The number of carbonyl (C=O) groups is 1. The number of methoxy groups -OCH3 is 1. The average molecular weight is 414 g/mol. The molecule has 0 spiro atoms. The van der Waals surface area contributed by atoms with Crippen molar-refractivity contribution in [1.29, 1.82) is 0 Å². The van der Waals surface area contributed by atoms with Gasteiger partial charge in [0.25, 0.3) is 0 Å². The van der Waals surface area contributed by atoms with Gasteiger partial charge in [0.05, 0.1) is 18.8 Å². The SMILES string of the molecule is COC(=O)Nc1ccc(C2Nc3ccccc3-c3c(CN=O)nnc4[nH]cc2c34)cc1. The fourth-order valence-corrected chi connectivity index (χ4v) is 4.01. The number of fused-ring (bicyclic) bond motifs is 2. The number of rotatable bonds is 4. The first-order valence-corrected chi connectivity index (χ1v) is 9.66. The Balaban J connectivity index is 1.68. The smallest absolute Gasteiger partial charge is 0.411 e. The second-order valence-corrected chi connectivity index (χ2v) is 7.14. The lowest BCUT2D eigenvalue weighted by molar-refractivity contribution is 0.187. The van der Waals surface area contributed by atoms with E-state index in [0.29, 0.717) is 17.0 Å². The van der Waals surface area contributed by atoms with Crippen LogP contribution in [0.3, 0.4) is 0 Å². The molecule has 154 valence electrons. The number of amides is 1. The number of H-pyrrole nitrogens is 1. The van der Waals surface area contributed by atoms with Crippen LogP contribution in [-0.2, 0) is 11.3 Å². The molecule has 0 fully saturated rings. The van der Waals surface area contributed by atoms with Crippen LogP contribution in [0.1, 0.15) is 22.9 Å². The summed E-state index contributed by atoms with van der Waals surface area (Å²) in [5, 5.41) is 18.7. The second kappa shape index (κ2) is 7.52. The van der Waals surface area contributed by atoms with E-state index < -0.39 is 6.09 Å². The first-order valence-electron chi connectivity index (χ1n) is 9.66. The van der Waals surface area contributed by atoms with Crippen molar-refractivity contribution in [2.75, 3.05) is 17.7 Å². The van der Waals surface area contributed by atoms with Crippen LogP contribution in [0.4, 0.5) is 16.2 Å². The molecule has 1 amide bonds. The molecule has 0 saturated heterocycles. The van der Waals surface area contributed by atoms with E-state index in [-0.39, 0.29) is 12.6 Å². The highest BCUT2D eigenvalue weighted by atomic mass is 16.5. The highest BCUT2D eigenvalue weighted by molar-refractivity contribution is 6.02. The number of aromatic nitrogens is 3. The van der Waals surface area contributed by atoms with E-state index in [1.54, 1.807) is 0 Å². The molecule has 0 aliphatic carbocycles. The van der Waals surface area contributed by atoms with E-state index >= 15 is 0 Å². The van der Waals surface area contributed by atoms with Crippen molar-refractivity contribution in [3.63, 3.8) is 0 Å². The Labute approximate surface area is 176 Å². The van der Waals surface area contributed by atoms with Gasteiger partial charge in [-0.2, -0.15) is 10.0 Å². The van der Waals surface area contributed by atoms with Crippen LogP contribution in [0.5, 0.6) is 0 Å². The lowest BCUT2D eigenvalue weighted by Crippen LogP contribution is -2.13. The fraction of sp³-hybridized carbons (Fsp3) is 0.136. The molecule has 4 aromatic rings. The zero-order valence-corrected chi connectivity index (χ0v) is 16.5. The summed E-state index contributed by atoms with van der Waals surface area (Å²) in [7, 11) is 1.32. The number of nitrogens with one attached hydrogen (secondary N) is 3. The molecule has 1 aliphatic rings. The van der Waals surface area contributed by atoms with Crippen molar-refractivity contribution in [3.05, 3.63) is 76.5 Å². The first-order chi connectivity index (χ1) is 15.2. The number of anilines is 2. The minimum absolute atomic E-state index is 0.0597. The van der Waals surface area contributed by atoms with Crippen molar-refractivity contribution in [2.45, 2.75) is 12.6 Å². The number of benzene rings is 2. The number of hydrogen-bond donors (Lipinski definition) is 3. The molecule has 0 radical (unpaired) electrons. The van der Waals surface area contributed by atoms with E-state index in [1.165, 1.54) is 7.11 Å². The maximum Gasteiger partial charge on any atom is 0.411 e. The molecule has 1 unspecified atom stereocenters. The molecule has 1 aliphatic heterocycles. The molecular formula is C22H18N6O3. The van der Waals surface area contributed by atoms with Gasteiger partial charge in [-0.15, -0.1) is 5.10 Å². The summed E-state index contributed by atoms with van der Waals surface area (Å²) in [4.78, 5) is 25.7. The maximum atomic E-state index is 11.5. The first kappa shape index (κ1) is 18.7. The monoisotopic (exact) mass is 414 g/mol. The number of aromatic amines is 1. The minimum atomic E-state index is -0.523. The van der Waals surface area contributed by atoms with Gasteiger partial charge in [0.1, 0.15) is 6.54 Å². The lowest BCUT2D eigenvalue weighted by atomic mass is 9.96. The van der Waals surface area contributed by atoms with Gasteiger partial charge in [-0.05, 0) is 23.8 Å². The number of carbonyl (C=O) groups excluding carboxylic acids is 1. The molecule has 3 heterocycles. The number of ether oxygens (including phenoxy) is 1. The van der Waals surface area contributed by atoms with E-state index in [2.05, 4.69) is 35.7 Å². The average Bonchev–Trinajstić information content (AvgIpc) is 3.16. The Bertz CT molecular complexity index is 1300. The quantitative estimate of drug-likeness (QED) is 0.420. The van der Waals surface area contributed by atoms with E-state index in [4.69, 9.17) is 0 Å². The van der Waals surface area contributed by atoms with Crippen LogP contribution >= 0.6 is 0 Å². The molecule has 3 N–H and O–H groups in total. The van der Waals surface area contributed by atoms with Crippen molar-refractivity contribution in [3.8, 4) is 11.1 Å². The van der Waals surface area contributed by atoms with E-state index in [9.17, 15) is 9.70 Å². The summed E-state index contributed by atoms with van der Waals surface area (Å²) in [5.74, 6) is 0. The van der Waals surface area contributed by atoms with Gasteiger partial charge >= 0.3 is 6.09 Å². The Morgan fingerprint density at radius 3 is 2.74 bits per heavy atom. The van der Waals surface area contributed by atoms with Crippen molar-refractivity contribution in [1.82, 2.24) is 15.2 Å². The molecule has 2 aromatic heterocycles. The molecule has 1 atom stereocenters. The van der Waals surface area contributed by atoms with Crippen LogP contribution in [0.25, 0.3) is 22.2 Å². The summed E-state index contributed by atoms with van der Waals surface area (Å²) >= 11 is 0. The van der Waals surface area contributed by atoms with Crippen LogP contribution in [0.2, 0.25) is 0 Å². The van der Waals surface area contributed by atoms with Crippen LogP contribution in [0, 0.1) is 4.91 Å². The van der Waals surface area contributed by atoms with Crippen LogP contribution < -0.4 is 10.6 Å². The van der Waals surface area contributed by atoms with E-state index in [1.807, 2.05) is 54.7 Å². The highest BCUT2D eigenvalue weighted by Crippen LogP contribution is 2.44. The molecule has 5 rings (SSSR count). The van der Waals surface area contributed by atoms with Crippen LogP contribution in [-0.4, -0.2) is 28.4 Å². The topological polar surface area (TPSA) is 121 Å². The summed E-state index contributed by atoms with van der Waals surface area (Å²) in [6.45, 7) is -0.0597. The van der Waals surface area contributed by atoms with Gasteiger partial charge in [-0.25, -0.2) is 4.79 Å². The van der Waals surface area contributed by atoms with Gasteiger partial charge in [-0.3, -0.25) is 5.32 Å².